The first-order valence-electron chi connectivity index (χ1n) is 4.37. The number of aliphatic imine (C=N–C) groups is 1. The number of amidine groups is 1. The predicted octanol–water partition coefficient (Wildman–Crippen LogP) is 1.52. The molecule has 0 atom stereocenters. The molecule has 0 N–H and O–H groups in total. The van der Waals surface area contributed by atoms with E-state index in [9.17, 15) is 4.79 Å². The number of rotatable bonds is 1. The quantitative estimate of drug-likeness (QED) is 0.718. The summed E-state index contributed by atoms with van der Waals surface area (Å²) in [6, 6.07) is 0. The first-order valence-corrected chi connectivity index (χ1v) is 5.16. The van der Waals surface area contributed by atoms with Crippen LogP contribution in [0, 0.1) is 0 Å². The maximum atomic E-state index is 11.3. The highest BCUT2D eigenvalue weighted by Gasteiger charge is 2.27. The molecule has 0 aromatic rings. The van der Waals surface area contributed by atoms with Crippen molar-refractivity contribution >= 4 is 27.7 Å². The number of hydrogen-bond donors (Lipinski definition) is 0. The average molecular weight is 261 g/mol. The third kappa shape index (κ3) is 1.97. The van der Waals surface area contributed by atoms with Gasteiger partial charge in [-0.05, 0) is 6.42 Å². The molecule has 5 heteroatoms. The van der Waals surface area contributed by atoms with Crippen LogP contribution < -0.4 is 0 Å². The van der Waals surface area contributed by atoms with Crippen LogP contribution in [0.15, 0.2) is 15.2 Å². The van der Waals surface area contributed by atoms with Gasteiger partial charge in [-0.1, -0.05) is 22.9 Å². The van der Waals surface area contributed by atoms with Crippen LogP contribution in [-0.2, 0) is 9.53 Å². The van der Waals surface area contributed by atoms with Crippen molar-refractivity contribution in [1.82, 2.24) is 4.90 Å². The van der Waals surface area contributed by atoms with Crippen molar-refractivity contribution in [2.24, 2.45) is 4.99 Å². The largest absolute Gasteiger partial charge is 0.479 e. The van der Waals surface area contributed by atoms with Gasteiger partial charge in [0.2, 0.25) is 0 Å². The first kappa shape index (κ1) is 11.2. The zero-order valence-electron chi connectivity index (χ0n) is 8.50. The van der Waals surface area contributed by atoms with E-state index in [1.165, 1.54) is 4.90 Å². The van der Waals surface area contributed by atoms with Crippen molar-refractivity contribution in [3.8, 4) is 0 Å². The smallest absolute Gasteiger partial charge is 0.265 e. The van der Waals surface area contributed by atoms with Crippen molar-refractivity contribution in [1.29, 1.82) is 0 Å². The first-order chi connectivity index (χ1) is 6.61. The van der Waals surface area contributed by atoms with Crippen molar-refractivity contribution in [3.05, 3.63) is 10.2 Å². The standard InChI is InChI=1S/C9H13BrN2O2/c1-4-6(10)8-9(11-2)12(3)7(13)5-14-8/h4-5H2,1-3H3/b8-6-,11-9?. The zero-order chi connectivity index (χ0) is 10.7. The lowest BCUT2D eigenvalue weighted by atomic mass is 10.3. The Bertz CT molecular complexity index is 310. The number of amides is 1. The summed E-state index contributed by atoms with van der Waals surface area (Å²) in [5, 5.41) is 0. The number of morpholine rings is 1. The van der Waals surface area contributed by atoms with Gasteiger partial charge in [0.15, 0.2) is 18.2 Å². The maximum Gasteiger partial charge on any atom is 0.265 e. The highest BCUT2D eigenvalue weighted by atomic mass is 79.9. The summed E-state index contributed by atoms with van der Waals surface area (Å²) in [4.78, 5) is 16.9. The summed E-state index contributed by atoms with van der Waals surface area (Å²) in [6.45, 7) is 2.09. The van der Waals surface area contributed by atoms with Crippen LogP contribution in [0.3, 0.4) is 0 Å². The van der Waals surface area contributed by atoms with Crippen molar-refractivity contribution in [2.45, 2.75) is 13.3 Å². The molecule has 0 aromatic carbocycles. The Morgan fingerprint density at radius 1 is 1.71 bits per heavy atom. The second-order valence-electron chi connectivity index (χ2n) is 2.88. The Morgan fingerprint density at radius 3 is 2.86 bits per heavy atom. The van der Waals surface area contributed by atoms with Crippen molar-refractivity contribution in [3.63, 3.8) is 0 Å². The highest BCUT2D eigenvalue weighted by molar-refractivity contribution is 9.11. The van der Waals surface area contributed by atoms with Gasteiger partial charge in [-0.25, -0.2) is 0 Å². The fourth-order valence-electron chi connectivity index (χ4n) is 1.18. The molecule has 1 rings (SSSR count). The third-order valence-corrected chi connectivity index (χ3v) is 2.92. The van der Waals surface area contributed by atoms with Gasteiger partial charge in [0.25, 0.3) is 5.91 Å². The van der Waals surface area contributed by atoms with Crippen LogP contribution in [0.25, 0.3) is 0 Å². The van der Waals surface area contributed by atoms with E-state index in [-0.39, 0.29) is 12.5 Å². The van der Waals surface area contributed by atoms with Gasteiger partial charge in [-0.3, -0.25) is 14.7 Å². The molecule has 1 aliphatic heterocycles. The van der Waals surface area contributed by atoms with E-state index in [1.807, 2.05) is 6.92 Å². The number of halogens is 1. The topological polar surface area (TPSA) is 41.9 Å². The minimum atomic E-state index is -0.0780. The summed E-state index contributed by atoms with van der Waals surface area (Å²) in [5.74, 6) is 1.16. The Balaban J connectivity index is 3.06. The monoisotopic (exact) mass is 260 g/mol. The van der Waals surface area contributed by atoms with E-state index in [0.29, 0.717) is 11.6 Å². The number of ether oxygens (including phenoxy) is 1. The van der Waals surface area contributed by atoms with Gasteiger partial charge in [0, 0.05) is 18.6 Å². The van der Waals surface area contributed by atoms with Crippen molar-refractivity contribution in [2.75, 3.05) is 20.7 Å². The minimum absolute atomic E-state index is 0.0780. The number of nitrogens with zero attached hydrogens (tertiary/aromatic N) is 2. The molecule has 0 unspecified atom stereocenters. The molecule has 0 aromatic heterocycles. The Hall–Kier alpha value is -0.840. The number of carbonyl (C=O) groups is 1. The molecule has 78 valence electrons. The Morgan fingerprint density at radius 2 is 2.36 bits per heavy atom. The maximum absolute atomic E-state index is 11.3. The Labute approximate surface area is 91.8 Å². The molecule has 1 fully saturated rings. The van der Waals surface area contributed by atoms with Gasteiger partial charge in [0.05, 0.1) is 0 Å². The lowest BCUT2D eigenvalue weighted by Gasteiger charge is -2.27. The zero-order valence-corrected chi connectivity index (χ0v) is 10.1. The second kappa shape index (κ2) is 4.59. The van der Waals surface area contributed by atoms with Crippen LogP contribution in [0.5, 0.6) is 0 Å². The second-order valence-corrected chi connectivity index (χ2v) is 3.83. The molecular formula is C9H13BrN2O2. The number of hydrogen-bond acceptors (Lipinski definition) is 3. The van der Waals surface area contributed by atoms with Gasteiger partial charge < -0.3 is 4.74 Å². The molecule has 4 nitrogen and oxygen atoms in total. The van der Waals surface area contributed by atoms with E-state index in [1.54, 1.807) is 14.1 Å². The van der Waals surface area contributed by atoms with Gasteiger partial charge in [-0.2, -0.15) is 0 Å². The van der Waals surface area contributed by atoms with Crippen LogP contribution in [0.4, 0.5) is 0 Å². The molecule has 0 bridgehead atoms. The van der Waals surface area contributed by atoms with Crippen molar-refractivity contribution < 1.29 is 9.53 Å². The third-order valence-electron chi connectivity index (χ3n) is 2.00. The minimum Gasteiger partial charge on any atom is -0.479 e. The molecular weight excluding hydrogens is 248 g/mol. The Kier molecular flexibility index (Phi) is 3.69. The predicted molar refractivity (Wildman–Crippen MR) is 58.3 cm³/mol. The molecule has 1 aliphatic rings. The van der Waals surface area contributed by atoms with Crippen LogP contribution >= 0.6 is 15.9 Å². The molecule has 0 aliphatic carbocycles. The summed E-state index contributed by atoms with van der Waals surface area (Å²) in [7, 11) is 3.34. The molecule has 1 amide bonds. The summed E-state index contributed by atoms with van der Waals surface area (Å²) < 4.78 is 6.26. The van der Waals surface area contributed by atoms with Crippen LogP contribution in [0.2, 0.25) is 0 Å². The SMILES string of the molecule is CC/C(Br)=C1/OCC(=O)N(C)C1=NC. The van der Waals surface area contributed by atoms with E-state index < -0.39 is 0 Å². The van der Waals surface area contributed by atoms with Gasteiger partial charge in [0.1, 0.15) is 0 Å². The average Bonchev–Trinajstić information content (AvgIpc) is 2.20. The van der Waals surface area contributed by atoms with E-state index in [2.05, 4.69) is 20.9 Å². The molecule has 0 spiro atoms. The summed E-state index contributed by atoms with van der Waals surface area (Å²) in [6.07, 6.45) is 0.816. The fourth-order valence-corrected chi connectivity index (χ4v) is 1.47. The number of allylic oxidation sites excluding steroid dienone is 1. The normalized spacial score (nSPS) is 23.9. The number of carbonyl (C=O) groups excluding carboxylic acids is 1. The molecule has 14 heavy (non-hydrogen) atoms. The van der Waals surface area contributed by atoms with Crippen LogP contribution in [0.1, 0.15) is 13.3 Å². The van der Waals surface area contributed by atoms with Gasteiger partial charge in [-0.15, -0.1) is 0 Å². The van der Waals surface area contributed by atoms with Crippen LogP contribution in [-0.4, -0.2) is 37.3 Å². The molecule has 0 saturated carbocycles. The van der Waals surface area contributed by atoms with E-state index in [4.69, 9.17) is 4.74 Å². The summed E-state index contributed by atoms with van der Waals surface area (Å²) in [5.41, 5.74) is 0. The van der Waals surface area contributed by atoms with E-state index >= 15 is 0 Å². The molecule has 0 radical (unpaired) electrons. The van der Waals surface area contributed by atoms with Gasteiger partial charge >= 0.3 is 0 Å². The highest BCUT2D eigenvalue weighted by Crippen LogP contribution is 2.22. The molecule has 1 saturated heterocycles. The summed E-state index contributed by atoms with van der Waals surface area (Å²) >= 11 is 3.40. The fraction of sp³-hybridized carbons (Fsp3) is 0.556. The van der Waals surface area contributed by atoms with E-state index in [0.717, 1.165) is 10.9 Å². The lowest BCUT2D eigenvalue weighted by molar-refractivity contribution is -0.131. The molecule has 1 heterocycles. The lowest BCUT2D eigenvalue weighted by Crippen LogP contribution is -2.42. The number of likely N-dealkylation sites (N-methyl/N-ethyl adjacent to an activating group) is 1.